The van der Waals surface area contributed by atoms with Crippen LogP contribution in [0.5, 0.6) is 0 Å². The van der Waals surface area contributed by atoms with Crippen molar-refractivity contribution in [2.75, 3.05) is 0 Å². The first kappa shape index (κ1) is 20.9. The molecule has 0 aliphatic carbocycles. The van der Waals surface area contributed by atoms with Crippen LogP contribution in [0.4, 0.5) is 0 Å². The third-order valence-electron chi connectivity index (χ3n) is 6.55. The Morgan fingerprint density at radius 2 is 0.929 bits per heavy atom. The smallest absolute Gasteiger partial charge is 0.00647 e. The molecule has 3 aromatic carbocycles. The zero-order chi connectivity index (χ0) is 20.3. The Kier molecular flexibility index (Phi) is 6.81. The van der Waals surface area contributed by atoms with E-state index in [0.717, 1.165) is 25.7 Å². The summed E-state index contributed by atoms with van der Waals surface area (Å²) in [5, 5.41) is 6.19. The Hall–Kier alpha value is -1.82. The van der Waals surface area contributed by atoms with Gasteiger partial charge < -0.3 is 0 Å². The minimum absolute atomic E-state index is 1.12. The highest BCUT2D eigenvalue weighted by Gasteiger charge is 2.22. The van der Waals surface area contributed by atoms with Gasteiger partial charge in [0.25, 0.3) is 0 Å². The van der Waals surface area contributed by atoms with Crippen molar-refractivity contribution in [2.24, 2.45) is 0 Å². The van der Waals surface area contributed by atoms with Gasteiger partial charge in [-0.15, -0.1) is 0 Å². The first-order chi connectivity index (χ1) is 13.7. The molecule has 0 saturated carbocycles. The Morgan fingerprint density at radius 3 is 1.43 bits per heavy atom. The van der Waals surface area contributed by atoms with Crippen LogP contribution in [0.25, 0.3) is 21.5 Å². The largest absolute Gasteiger partial charge is 0.0651 e. The van der Waals surface area contributed by atoms with Gasteiger partial charge in [0.15, 0.2) is 0 Å². The molecule has 0 aliphatic rings. The Labute approximate surface area is 172 Å². The number of benzene rings is 3. The van der Waals surface area contributed by atoms with Crippen molar-refractivity contribution in [3.63, 3.8) is 0 Å². The second-order valence-electron chi connectivity index (χ2n) is 8.08. The molecule has 3 aromatic rings. The van der Waals surface area contributed by atoms with Crippen LogP contribution in [0.1, 0.15) is 87.8 Å². The summed E-state index contributed by atoms with van der Waals surface area (Å²) in [6, 6.07) is 9.23. The fourth-order valence-electron chi connectivity index (χ4n) is 5.57. The Balaban J connectivity index is 2.70. The van der Waals surface area contributed by atoms with Crippen LogP contribution in [0.15, 0.2) is 24.3 Å². The summed E-state index contributed by atoms with van der Waals surface area (Å²) in [5.41, 5.74) is 9.80. The van der Waals surface area contributed by atoms with Gasteiger partial charge in [0.2, 0.25) is 0 Å². The van der Waals surface area contributed by atoms with Crippen LogP contribution in [0, 0.1) is 0 Å². The summed E-state index contributed by atoms with van der Waals surface area (Å²) < 4.78 is 0. The molecule has 0 saturated heterocycles. The van der Waals surface area contributed by atoms with Gasteiger partial charge >= 0.3 is 0 Å². The van der Waals surface area contributed by atoms with Crippen molar-refractivity contribution in [3.8, 4) is 0 Å². The molecule has 0 bridgehead atoms. The molecule has 0 nitrogen and oxygen atoms in total. The molecule has 0 spiro atoms. The van der Waals surface area contributed by atoms with Crippen LogP contribution in [0.2, 0.25) is 0 Å². The first-order valence-corrected chi connectivity index (χ1v) is 11.7. The quantitative estimate of drug-likeness (QED) is 0.349. The lowest BCUT2D eigenvalue weighted by Crippen LogP contribution is -2.09. The van der Waals surface area contributed by atoms with Crippen LogP contribution >= 0.6 is 0 Å². The van der Waals surface area contributed by atoms with Crippen molar-refractivity contribution in [1.82, 2.24) is 0 Å². The predicted molar refractivity (Wildman–Crippen MR) is 127 cm³/mol. The van der Waals surface area contributed by atoms with E-state index in [4.69, 9.17) is 0 Å². The molecule has 0 amide bonds. The fraction of sp³-hybridized carbons (Fsp3) is 0.500. The average molecular weight is 375 g/mol. The van der Waals surface area contributed by atoms with E-state index >= 15 is 0 Å². The molecule has 0 heterocycles. The maximum Gasteiger partial charge on any atom is -0.00647 e. The number of fused-ring (bicyclic) bond motifs is 3. The minimum atomic E-state index is 1.12. The molecule has 0 fully saturated rings. The fourth-order valence-corrected chi connectivity index (χ4v) is 5.57. The van der Waals surface area contributed by atoms with E-state index in [2.05, 4.69) is 65.8 Å². The normalized spacial score (nSPS) is 11.6. The van der Waals surface area contributed by atoms with E-state index in [1.807, 2.05) is 0 Å². The van der Waals surface area contributed by atoms with E-state index in [0.29, 0.717) is 0 Å². The van der Waals surface area contributed by atoms with Gasteiger partial charge in [-0.1, -0.05) is 78.6 Å². The third kappa shape index (κ3) is 3.25. The molecular formula is C28H38. The van der Waals surface area contributed by atoms with Crippen molar-refractivity contribution >= 4 is 21.5 Å². The molecule has 0 radical (unpaired) electrons. The predicted octanol–water partition coefficient (Wildman–Crippen LogP) is 8.15. The summed E-state index contributed by atoms with van der Waals surface area (Å²) >= 11 is 0. The van der Waals surface area contributed by atoms with E-state index in [1.54, 1.807) is 44.2 Å². The Morgan fingerprint density at radius 1 is 0.464 bits per heavy atom. The molecule has 28 heavy (non-hydrogen) atoms. The van der Waals surface area contributed by atoms with Crippen molar-refractivity contribution in [3.05, 3.63) is 57.6 Å². The van der Waals surface area contributed by atoms with Gasteiger partial charge in [0.05, 0.1) is 0 Å². The van der Waals surface area contributed by atoms with Crippen LogP contribution in [-0.4, -0.2) is 0 Å². The molecule has 150 valence electrons. The molecular weight excluding hydrogens is 336 g/mol. The molecule has 0 atom stereocenters. The maximum atomic E-state index is 2.39. The number of hydrogen-bond acceptors (Lipinski definition) is 0. The average Bonchev–Trinajstić information content (AvgIpc) is 2.73. The molecule has 0 aliphatic heterocycles. The highest BCUT2D eigenvalue weighted by Crippen LogP contribution is 2.42. The van der Waals surface area contributed by atoms with Crippen LogP contribution in [-0.2, 0) is 38.5 Å². The number of aryl methyl sites for hydroxylation is 4. The van der Waals surface area contributed by atoms with E-state index in [-0.39, 0.29) is 0 Å². The van der Waals surface area contributed by atoms with Crippen molar-refractivity contribution in [2.45, 2.75) is 92.9 Å². The van der Waals surface area contributed by atoms with Gasteiger partial charge in [0, 0.05) is 0 Å². The second-order valence-corrected chi connectivity index (χ2v) is 8.08. The first-order valence-electron chi connectivity index (χ1n) is 11.7. The zero-order valence-electron chi connectivity index (χ0n) is 19.0. The lowest BCUT2D eigenvalue weighted by atomic mass is 9.78. The molecule has 0 aromatic heterocycles. The maximum absolute atomic E-state index is 2.39. The van der Waals surface area contributed by atoms with Crippen LogP contribution < -0.4 is 0 Å². The van der Waals surface area contributed by atoms with Gasteiger partial charge in [-0.25, -0.2) is 0 Å². The Bertz CT molecular complexity index is 975. The highest BCUT2D eigenvalue weighted by atomic mass is 14.3. The van der Waals surface area contributed by atoms with Crippen LogP contribution in [0.3, 0.4) is 0 Å². The molecule has 0 unspecified atom stereocenters. The monoisotopic (exact) mass is 374 g/mol. The van der Waals surface area contributed by atoms with Gasteiger partial charge in [-0.05, 0) is 93.5 Å². The van der Waals surface area contributed by atoms with E-state index in [9.17, 15) is 0 Å². The van der Waals surface area contributed by atoms with Gasteiger partial charge in [0.1, 0.15) is 0 Å². The second kappa shape index (κ2) is 9.12. The minimum Gasteiger partial charge on any atom is -0.0651 e. The number of hydrogen-bond donors (Lipinski definition) is 0. The SMILES string of the molecule is CCCc1c(CCC)c2c(CC)c(CC)c(CC)c(CC)c2c2ccccc12. The third-order valence-corrected chi connectivity index (χ3v) is 6.55. The van der Waals surface area contributed by atoms with Crippen molar-refractivity contribution < 1.29 is 0 Å². The van der Waals surface area contributed by atoms with E-state index in [1.165, 1.54) is 36.5 Å². The summed E-state index contributed by atoms with van der Waals surface area (Å²) in [5.74, 6) is 0. The summed E-state index contributed by atoms with van der Waals surface area (Å²) in [4.78, 5) is 0. The summed E-state index contributed by atoms with van der Waals surface area (Å²) in [6.45, 7) is 14.1. The molecule has 3 rings (SSSR count). The van der Waals surface area contributed by atoms with Crippen molar-refractivity contribution in [1.29, 1.82) is 0 Å². The van der Waals surface area contributed by atoms with E-state index < -0.39 is 0 Å². The standard InChI is InChI=1S/C28H38/c1-7-15-23-24-17-13-14-18-26(24)28-22(12-6)20(10-4)19(9-3)21(11-5)27(28)25(23)16-8-2/h13-14,17-18H,7-12,15-16H2,1-6H3. The molecule has 0 N–H and O–H groups in total. The zero-order valence-corrected chi connectivity index (χ0v) is 19.0. The number of rotatable bonds is 8. The molecule has 0 heteroatoms. The lowest BCUT2D eigenvalue weighted by Gasteiger charge is -2.26. The highest BCUT2D eigenvalue weighted by molar-refractivity contribution is 6.14. The summed E-state index contributed by atoms with van der Waals surface area (Å²) in [7, 11) is 0. The van der Waals surface area contributed by atoms with Gasteiger partial charge in [-0.3, -0.25) is 0 Å². The van der Waals surface area contributed by atoms with Gasteiger partial charge in [-0.2, -0.15) is 0 Å². The topological polar surface area (TPSA) is 0 Å². The lowest BCUT2D eigenvalue weighted by molar-refractivity contribution is 0.871. The summed E-state index contributed by atoms with van der Waals surface area (Å²) in [6.07, 6.45) is 9.36.